The van der Waals surface area contributed by atoms with Gasteiger partial charge in [0.1, 0.15) is 6.04 Å². The Morgan fingerprint density at radius 1 is 1.26 bits per heavy atom. The van der Waals surface area contributed by atoms with Gasteiger partial charge < -0.3 is 10.4 Å². The molecule has 1 heterocycles. The molecule has 5 heteroatoms. The van der Waals surface area contributed by atoms with Gasteiger partial charge in [-0.25, -0.2) is 0 Å². The van der Waals surface area contributed by atoms with E-state index in [0.717, 1.165) is 19.4 Å². The number of nitrogens with zero attached hydrogens (tertiary/aromatic N) is 1. The lowest BCUT2D eigenvalue weighted by Gasteiger charge is -2.36. The van der Waals surface area contributed by atoms with Gasteiger partial charge >= 0.3 is 5.97 Å². The average Bonchev–Trinajstić information content (AvgIpc) is 3.20. The first-order valence-electron chi connectivity index (χ1n) is 7.33. The van der Waals surface area contributed by atoms with Crippen LogP contribution in [-0.4, -0.2) is 47.6 Å². The second kappa shape index (κ2) is 6.37. The van der Waals surface area contributed by atoms with Crippen LogP contribution in [0.1, 0.15) is 39.0 Å². The van der Waals surface area contributed by atoms with Gasteiger partial charge in [0.05, 0.1) is 6.54 Å². The number of carbonyl (C=O) groups excluding carboxylic acids is 1. The lowest BCUT2D eigenvalue weighted by molar-refractivity contribution is -0.146. The summed E-state index contributed by atoms with van der Waals surface area (Å²) in [5.74, 6) is 0.304. The minimum Gasteiger partial charge on any atom is -0.480 e. The monoisotopic (exact) mass is 268 g/mol. The predicted octanol–water partition coefficient (Wildman–Crippen LogP) is 1.09. The van der Waals surface area contributed by atoms with Crippen molar-refractivity contribution in [3.63, 3.8) is 0 Å². The highest BCUT2D eigenvalue weighted by Crippen LogP contribution is 2.28. The van der Waals surface area contributed by atoms with Gasteiger partial charge in [0.2, 0.25) is 5.91 Å². The van der Waals surface area contributed by atoms with Crippen molar-refractivity contribution in [3.8, 4) is 0 Å². The molecule has 0 aromatic heterocycles. The smallest absolute Gasteiger partial charge is 0.320 e. The van der Waals surface area contributed by atoms with Crippen LogP contribution in [0.25, 0.3) is 0 Å². The zero-order valence-corrected chi connectivity index (χ0v) is 11.6. The molecule has 1 saturated carbocycles. The van der Waals surface area contributed by atoms with Crippen LogP contribution in [0.5, 0.6) is 0 Å². The van der Waals surface area contributed by atoms with Gasteiger partial charge in [-0.2, -0.15) is 0 Å². The molecule has 2 rings (SSSR count). The minimum absolute atomic E-state index is 0.0342. The fourth-order valence-electron chi connectivity index (χ4n) is 2.72. The van der Waals surface area contributed by atoms with Gasteiger partial charge in [0.15, 0.2) is 0 Å². The molecule has 0 aromatic rings. The SMILES string of the molecule is CCC1CCN(CC(=O)NCC2CC2)C(C(=O)O)C1. The Kier molecular flexibility index (Phi) is 4.80. The molecule has 0 bridgehead atoms. The number of rotatable bonds is 6. The molecule has 2 atom stereocenters. The molecule has 2 aliphatic rings. The molecular weight excluding hydrogens is 244 g/mol. The van der Waals surface area contributed by atoms with Crippen molar-refractivity contribution < 1.29 is 14.7 Å². The van der Waals surface area contributed by atoms with Gasteiger partial charge in [-0.3, -0.25) is 14.5 Å². The summed E-state index contributed by atoms with van der Waals surface area (Å²) in [6.07, 6.45) is 5.10. The third kappa shape index (κ3) is 4.20. The molecule has 0 spiro atoms. The Morgan fingerprint density at radius 3 is 2.58 bits per heavy atom. The summed E-state index contributed by atoms with van der Waals surface area (Å²) in [7, 11) is 0. The second-order valence-corrected chi connectivity index (χ2v) is 5.87. The first-order valence-corrected chi connectivity index (χ1v) is 7.33. The van der Waals surface area contributed by atoms with Crippen molar-refractivity contribution in [2.75, 3.05) is 19.6 Å². The van der Waals surface area contributed by atoms with Crippen molar-refractivity contribution in [1.82, 2.24) is 10.2 Å². The molecule has 1 amide bonds. The van der Waals surface area contributed by atoms with Crippen molar-refractivity contribution in [3.05, 3.63) is 0 Å². The van der Waals surface area contributed by atoms with Crippen molar-refractivity contribution in [2.24, 2.45) is 11.8 Å². The van der Waals surface area contributed by atoms with Gasteiger partial charge in [0, 0.05) is 6.54 Å². The van der Waals surface area contributed by atoms with E-state index in [1.54, 1.807) is 0 Å². The molecule has 1 saturated heterocycles. The summed E-state index contributed by atoms with van der Waals surface area (Å²) in [5.41, 5.74) is 0. The van der Waals surface area contributed by atoms with Crippen LogP contribution < -0.4 is 5.32 Å². The van der Waals surface area contributed by atoms with Crippen LogP contribution in [0.4, 0.5) is 0 Å². The van der Waals surface area contributed by atoms with E-state index < -0.39 is 12.0 Å². The number of carbonyl (C=O) groups is 2. The maximum atomic E-state index is 11.8. The first-order chi connectivity index (χ1) is 9.10. The number of hydrogen-bond acceptors (Lipinski definition) is 3. The summed E-state index contributed by atoms with van der Waals surface area (Å²) >= 11 is 0. The molecule has 1 aliphatic heterocycles. The van der Waals surface area contributed by atoms with Gasteiger partial charge in [-0.15, -0.1) is 0 Å². The zero-order chi connectivity index (χ0) is 13.8. The van der Waals surface area contributed by atoms with E-state index in [1.165, 1.54) is 12.8 Å². The van der Waals surface area contributed by atoms with E-state index in [-0.39, 0.29) is 12.5 Å². The van der Waals surface area contributed by atoms with Crippen LogP contribution in [0, 0.1) is 11.8 Å². The third-order valence-electron chi connectivity index (χ3n) is 4.32. The Labute approximate surface area is 114 Å². The maximum absolute atomic E-state index is 11.8. The number of hydrogen-bond donors (Lipinski definition) is 2. The lowest BCUT2D eigenvalue weighted by Crippen LogP contribution is -2.51. The number of carboxylic acid groups (broad SMARTS) is 1. The van der Waals surface area contributed by atoms with Crippen molar-refractivity contribution >= 4 is 11.9 Å². The number of aliphatic carboxylic acids is 1. The minimum atomic E-state index is -0.798. The molecular formula is C14H24N2O3. The molecule has 108 valence electrons. The fourth-order valence-corrected chi connectivity index (χ4v) is 2.72. The zero-order valence-electron chi connectivity index (χ0n) is 11.6. The molecule has 1 aliphatic carbocycles. The van der Waals surface area contributed by atoms with E-state index in [1.807, 2.05) is 4.90 Å². The highest BCUT2D eigenvalue weighted by Gasteiger charge is 2.33. The fraction of sp³-hybridized carbons (Fsp3) is 0.857. The molecule has 19 heavy (non-hydrogen) atoms. The van der Waals surface area contributed by atoms with E-state index >= 15 is 0 Å². The van der Waals surface area contributed by atoms with Crippen molar-refractivity contribution in [1.29, 1.82) is 0 Å². The first kappa shape index (κ1) is 14.3. The second-order valence-electron chi connectivity index (χ2n) is 5.87. The molecule has 2 unspecified atom stereocenters. The van der Waals surface area contributed by atoms with Gasteiger partial charge in [-0.1, -0.05) is 13.3 Å². The van der Waals surface area contributed by atoms with E-state index in [9.17, 15) is 14.7 Å². The Morgan fingerprint density at radius 2 is 2.00 bits per heavy atom. The number of carboxylic acids is 1. The Balaban J connectivity index is 1.82. The van der Waals surface area contributed by atoms with E-state index in [4.69, 9.17) is 0 Å². The lowest BCUT2D eigenvalue weighted by atomic mass is 9.89. The number of nitrogens with one attached hydrogen (secondary N) is 1. The number of piperidine rings is 1. The molecule has 5 nitrogen and oxygen atoms in total. The average molecular weight is 268 g/mol. The third-order valence-corrected chi connectivity index (χ3v) is 4.32. The largest absolute Gasteiger partial charge is 0.480 e. The normalized spacial score (nSPS) is 28.1. The van der Waals surface area contributed by atoms with Crippen molar-refractivity contribution in [2.45, 2.75) is 45.1 Å². The van der Waals surface area contributed by atoms with Crippen LogP contribution in [-0.2, 0) is 9.59 Å². The summed E-state index contributed by atoms with van der Waals surface area (Å²) in [6.45, 7) is 3.79. The summed E-state index contributed by atoms with van der Waals surface area (Å²) in [6, 6.07) is -0.495. The summed E-state index contributed by atoms with van der Waals surface area (Å²) < 4.78 is 0. The summed E-state index contributed by atoms with van der Waals surface area (Å²) in [5, 5.41) is 12.2. The van der Waals surface area contributed by atoms with Crippen LogP contribution in [0.15, 0.2) is 0 Å². The number of likely N-dealkylation sites (tertiary alicyclic amines) is 1. The molecule has 0 aromatic carbocycles. The quantitative estimate of drug-likeness (QED) is 0.756. The van der Waals surface area contributed by atoms with Gasteiger partial charge in [-0.05, 0) is 44.1 Å². The summed E-state index contributed by atoms with van der Waals surface area (Å²) in [4.78, 5) is 24.9. The Hall–Kier alpha value is -1.10. The predicted molar refractivity (Wildman–Crippen MR) is 71.7 cm³/mol. The molecule has 2 N–H and O–H groups in total. The standard InChI is InChI=1S/C14H24N2O3/c1-2-10-5-6-16(12(7-10)14(18)19)9-13(17)15-8-11-3-4-11/h10-12H,2-9H2,1H3,(H,15,17)(H,18,19). The van der Waals surface area contributed by atoms with E-state index in [2.05, 4.69) is 12.2 Å². The maximum Gasteiger partial charge on any atom is 0.320 e. The van der Waals surface area contributed by atoms with E-state index in [0.29, 0.717) is 24.8 Å². The number of amides is 1. The highest BCUT2D eigenvalue weighted by atomic mass is 16.4. The van der Waals surface area contributed by atoms with Crippen LogP contribution in [0.2, 0.25) is 0 Å². The van der Waals surface area contributed by atoms with Gasteiger partial charge in [0.25, 0.3) is 0 Å². The van der Waals surface area contributed by atoms with Crippen LogP contribution in [0.3, 0.4) is 0 Å². The Bertz CT molecular complexity index is 342. The molecule has 2 fully saturated rings. The topological polar surface area (TPSA) is 69.6 Å². The highest BCUT2D eigenvalue weighted by molar-refractivity contribution is 5.80. The van der Waals surface area contributed by atoms with Crippen LogP contribution >= 0.6 is 0 Å². The molecule has 0 radical (unpaired) electrons.